The zero-order valence-corrected chi connectivity index (χ0v) is 18.8. The van der Waals surface area contributed by atoms with Gasteiger partial charge in [-0.05, 0) is 68.0 Å². The Labute approximate surface area is 190 Å². The van der Waals surface area contributed by atoms with Crippen LogP contribution in [-0.2, 0) is 4.79 Å². The van der Waals surface area contributed by atoms with E-state index in [4.69, 9.17) is 9.47 Å². The topological polar surface area (TPSA) is 76.6 Å². The molecule has 166 valence electrons. The lowest BCUT2D eigenvalue weighted by atomic mass is 9.92. The van der Waals surface area contributed by atoms with E-state index in [1.807, 2.05) is 36.4 Å². The summed E-state index contributed by atoms with van der Waals surface area (Å²) >= 11 is 1.48. The molecule has 2 aliphatic heterocycles. The number of hydrogen-bond donors (Lipinski definition) is 1. The number of aromatic nitrogens is 2. The first-order valence-corrected chi connectivity index (χ1v) is 12.1. The van der Waals surface area contributed by atoms with Crippen LogP contribution in [0.15, 0.2) is 42.6 Å². The van der Waals surface area contributed by atoms with Crippen molar-refractivity contribution in [2.24, 2.45) is 5.92 Å². The van der Waals surface area contributed by atoms with E-state index in [1.165, 1.54) is 24.2 Å². The monoisotopic (exact) mass is 450 g/mol. The van der Waals surface area contributed by atoms with Crippen molar-refractivity contribution in [3.05, 3.63) is 42.6 Å². The van der Waals surface area contributed by atoms with E-state index in [9.17, 15) is 4.79 Å². The Morgan fingerprint density at radius 3 is 2.84 bits per heavy atom. The molecule has 32 heavy (non-hydrogen) atoms. The van der Waals surface area contributed by atoms with Gasteiger partial charge in [0.1, 0.15) is 18.1 Å². The van der Waals surface area contributed by atoms with Crippen molar-refractivity contribution in [3.63, 3.8) is 0 Å². The third-order valence-corrected chi connectivity index (χ3v) is 8.00. The number of carbonyl (C=O) groups is 1. The quantitative estimate of drug-likeness (QED) is 0.587. The van der Waals surface area contributed by atoms with Gasteiger partial charge in [-0.15, -0.1) is 0 Å². The molecule has 2 saturated heterocycles. The Kier molecular flexibility index (Phi) is 4.80. The van der Waals surface area contributed by atoms with Crippen molar-refractivity contribution in [1.29, 1.82) is 0 Å². The maximum atomic E-state index is 11.5. The van der Waals surface area contributed by atoms with Crippen molar-refractivity contribution in [2.75, 3.05) is 13.2 Å². The number of nitrogens with zero attached hydrogens (tertiary/aromatic N) is 3. The summed E-state index contributed by atoms with van der Waals surface area (Å²) in [6.45, 7) is 3.22. The smallest absolute Gasteiger partial charge is 0.281 e. The third kappa shape index (κ3) is 3.61. The van der Waals surface area contributed by atoms with E-state index in [1.54, 1.807) is 13.1 Å². The maximum Gasteiger partial charge on any atom is 0.281 e. The van der Waals surface area contributed by atoms with Gasteiger partial charge in [0.2, 0.25) is 5.91 Å². The Morgan fingerprint density at radius 2 is 2.06 bits per heavy atom. The second-order valence-electron chi connectivity index (χ2n) is 9.15. The Balaban J connectivity index is 1.03. The molecule has 1 N–H and O–H groups in total. The van der Waals surface area contributed by atoms with Crippen LogP contribution in [0.1, 0.15) is 32.6 Å². The minimum Gasteiger partial charge on any atom is -0.492 e. The van der Waals surface area contributed by atoms with Gasteiger partial charge in [0.05, 0.1) is 4.70 Å². The molecule has 4 atom stereocenters. The van der Waals surface area contributed by atoms with Crippen LogP contribution in [0.2, 0.25) is 0 Å². The fourth-order valence-corrected chi connectivity index (χ4v) is 6.63. The number of ether oxygens (including phenoxy) is 2. The third-order valence-electron chi connectivity index (χ3n) is 7.11. The summed E-state index contributed by atoms with van der Waals surface area (Å²) in [5.41, 5.74) is 1.02. The number of hydrogen-bond acceptors (Lipinski definition) is 7. The molecule has 2 aromatic heterocycles. The lowest BCUT2D eigenvalue weighted by Gasteiger charge is -2.42. The molecule has 7 nitrogen and oxygen atoms in total. The highest BCUT2D eigenvalue weighted by molar-refractivity contribution is 7.20. The SMILES string of the molecule is CC(=O)N[C@@H]1C[C@@H]2CC3CC3(C1)N2CCOc1ccc(Oc2nc3ncccc3s2)cc1. The van der Waals surface area contributed by atoms with E-state index in [2.05, 4.69) is 20.2 Å². The number of nitrogens with one attached hydrogen (secondary N) is 1. The number of pyridine rings is 1. The second-order valence-corrected chi connectivity index (χ2v) is 10.1. The van der Waals surface area contributed by atoms with Gasteiger partial charge >= 0.3 is 0 Å². The maximum absolute atomic E-state index is 11.5. The second kappa shape index (κ2) is 7.71. The standard InChI is InChI=1S/C24H26N4O3S/c1-15(29)26-17-12-18-11-16-13-24(16,14-17)28(18)9-10-30-19-4-6-20(7-5-19)31-23-27-22-21(32-23)3-2-8-25-22/h2-8,16-18H,9-14H2,1H3,(H,26,29)/t16?,17-,18+,24?/m1/s1. The predicted octanol–water partition coefficient (Wildman–Crippen LogP) is 3.99. The Hall–Kier alpha value is -2.71. The van der Waals surface area contributed by atoms with Crippen LogP contribution in [0.3, 0.4) is 0 Å². The molecule has 3 aromatic rings. The number of piperidine rings is 2. The molecule has 1 aliphatic carbocycles. The minimum absolute atomic E-state index is 0.0898. The summed E-state index contributed by atoms with van der Waals surface area (Å²) in [5.74, 6) is 2.47. The number of rotatable bonds is 7. The fraction of sp³-hybridized carbons (Fsp3) is 0.458. The van der Waals surface area contributed by atoms with Crippen molar-refractivity contribution in [1.82, 2.24) is 20.2 Å². The van der Waals surface area contributed by atoms with Gasteiger partial charge in [-0.25, -0.2) is 4.98 Å². The highest BCUT2D eigenvalue weighted by atomic mass is 32.1. The zero-order chi connectivity index (χ0) is 21.7. The first-order valence-electron chi connectivity index (χ1n) is 11.3. The van der Waals surface area contributed by atoms with Crippen LogP contribution >= 0.6 is 11.3 Å². The summed E-state index contributed by atoms with van der Waals surface area (Å²) in [5, 5.41) is 3.74. The molecule has 1 amide bonds. The van der Waals surface area contributed by atoms with Gasteiger partial charge in [0, 0.05) is 37.3 Å². The first-order chi connectivity index (χ1) is 15.6. The summed E-state index contributed by atoms with van der Waals surface area (Å²) < 4.78 is 12.9. The highest BCUT2D eigenvalue weighted by Crippen LogP contribution is 2.63. The molecule has 4 heterocycles. The predicted molar refractivity (Wildman–Crippen MR) is 122 cm³/mol. The Bertz CT molecular complexity index is 1120. The van der Waals surface area contributed by atoms with Crippen molar-refractivity contribution in [2.45, 2.75) is 50.2 Å². The molecule has 8 heteroatoms. The normalized spacial score (nSPS) is 28.3. The van der Waals surface area contributed by atoms with Crippen LogP contribution in [-0.4, -0.2) is 51.5 Å². The van der Waals surface area contributed by atoms with E-state index >= 15 is 0 Å². The number of amides is 1. The molecular weight excluding hydrogens is 424 g/mol. The molecule has 6 rings (SSSR count). The van der Waals surface area contributed by atoms with Crippen LogP contribution in [0.5, 0.6) is 16.7 Å². The number of benzene rings is 1. The average molecular weight is 451 g/mol. The molecule has 3 fully saturated rings. The van der Waals surface area contributed by atoms with Gasteiger partial charge in [-0.1, -0.05) is 11.3 Å². The van der Waals surface area contributed by atoms with Crippen LogP contribution < -0.4 is 14.8 Å². The minimum atomic E-state index is 0.0898. The van der Waals surface area contributed by atoms with Gasteiger partial charge in [0.25, 0.3) is 5.19 Å². The van der Waals surface area contributed by atoms with Crippen molar-refractivity contribution >= 4 is 27.6 Å². The largest absolute Gasteiger partial charge is 0.492 e. The first kappa shape index (κ1) is 19.9. The molecular formula is C24H26N4O3S. The van der Waals surface area contributed by atoms with E-state index in [0.29, 0.717) is 35.1 Å². The molecule has 2 unspecified atom stereocenters. The highest BCUT2D eigenvalue weighted by Gasteiger charge is 2.67. The van der Waals surface area contributed by atoms with Crippen LogP contribution in [0.4, 0.5) is 0 Å². The Morgan fingerprint density at radius 1 is 1.22 bits per heavy atom. The van der Waals surface area contributed by atoms with E-state index in [-0.39, 0.29) is 5.91 Å². The molecule has 1 aromatic carbocycles. The number of thiazole rings is 1. The molecule has 1 saturated carbocycles. The lowest BCUT2D eigenvalue weighted by molar-refractivity contribution is -0.120. The van der Waals surface area contributed by atoms with Crippen molar-refractivity contribution < 1.29 is 14.3 Å². The zero-order valence-electron chi connectivity index (χ0n) is 18.0. The van der Waals surface area contributed by atoms with Gasteiger partial charge in [-0.3, -0.25) is 9.69 Å². The van der Waals surface area contributed by atoms with E-state index in [0.717, 1.165) is 41.5 Å². The summed E-state index contributed by atoms with van der Waals surface area (Å²) in [6.07, 6.45) is 6.42. The number of fused-ring (bicyclic) bond motifs is 2. The molecule has 3 aliphatic rings. The molecule has 0 radical (unpaired) electrons. The van der Waals surface area contributed by atoms with Crippen LogP contribution in [0.25, 0.3) is 10.3 Å². The lowest BCUT2D eigenvalue weighted by Crippen LogP contribution is -2.54. The summed E-state index contributed by atoms with van der Waals surface area (Å²) in [4.78, 5) is 22.8. The van der Waals surface area contributed by atoms with Crippen LogP contribution in [0, 0.1) is 5.92 Å². The average Bonchev–Trinajstić information content (AvgIpc) is 3.17. The van der Waals surface area contributed by atoms with Gasteiger partial charge in [-0.2, -0.15) is 4.98 Å². The van der Waals surface area contributed by atoms with Crippen molar-refractivity contribution in [3.8, 4) is 16.7 Å². The van der Waals surface area contributed by atoms with Gasteiger partial charge in [0.15, 0.2) is 5.65 Å². The summed E-state index contributed by atoms with van der Waals surface area (Å²) in [7, 11) is 0. The van der Waals surface area contributed by atoms with E-state index < -0.39 is 0 Å². The fourth-order valence-electron chi connectivity index (χ4n) is 5.83. The van der Waals surface area contributed by atoms with Gasteiger partial charge < -0.3 is 14.8 Å². The number of carbonyl (C=O) groups excluding carboxylic acids is 1. The summed E-state index contributed by atoms with van der Waals surface area (Å²) in [6, 6.07) is 12.5. The molecule has 2 bridgehead atoms. The molecule has 1 spiro atoms.